The molecule has 1 aliphatic heterocycles. The van der Waals surface area contributed by atoms with Crippen molar-refractivity contribution in [3.63, 3.8) is 0 Å². The molecule has 0 unspecified atom stereocenters. The van der Waals surface area contributed by atoms with Crippen molar-refractivity contribution in [2.75, 3.05) is 42.9 Å². The van der Waals surface area contributed by atoms with Gasteiger partial charge in [0, 0.05) is 48.3 Å². The second kappa shape index (κ2) is 8.33. The van der Waals surface area contributed by atoms with Crippen LogP contribution in [0, 0.1) is 0 Å². The second-order valence-corrected chi connectivity index (χ2v) is 8.02. The number of benzene rings is 3. The van der Waals surface area contributed by atoms with E-state index in [1.54, 1.807) is 0 Å². The Balaban J connectivity index is 1.41. The summed E-state index contributed by atoms with van der Waals surface area (Å²) in [7, 11) is 0. The molecule has 1 aliphatic rings. The zero-order chi connectivity index (χ0) is 20.3. The van der Waals surface area contributed by atoms with Crippen LogP contribution in [0.15, 0.2) is 72.8 Å². The van der Waals surface area contributed by atoms with Gasteiger partial charge in [0.25, 0.3) is 0 Å². The molecule has 0 spiro atoms. The molecular formula is C26H28N4. The molecule has 1 fully saturated rings. The largest absolute Gasteiger partial charge is 0.369 e. The first kappa shape index (κ1) is 18.9. The fourth-order valence-corrected chi connectivity index (χ4v) is 4.42. The summed E-state index contributed by atoms with van der Waals surface area (Å²) < 4.78 is 0. The lowest BCUT2D eigenvalue weighted by Crippen LogP contribution is -2.46. The van der Waals surface area contributed by atoms with Crippen LogP contribution in [-0.2, 0) is 0 Å². The predicted molar refractivity (Wildman–Crippen MR) is 128 cm³/mol. The van der Waals surface area contributed by atoms with Gasteiger partial charge < -0.3 is 10.2 Å². The van der Waals surface area contributed by atoms with Crippen LogP contribution in [0.4, 0.5) is 17.1 Å². The van der Waals surface area contributed by atoms with Crippen LogP contribution in [0.1, 0.15) is 13.3 Å². The van der Waals surface area contributed by atoms with Crippen LogP contribution in [0.2, 0.25) is 0 Å². The van der Waals surface area contributed by atoms with Crippen LogP contribution < -0.4 is 10.2 Å². The van der Waals surface area contributed by atoms with Crippen LogP contribution >= 0.6 is 0 Å². The number of nitrogens with zero attached hydrogens (tertiary/aromatic N) is 3. The lowest BCUT2D eigenvalue weighted by Gasteiger charge is -2.36. The molecule has 4 heteroatoms. The molecule has 2 heterocycles. The van der Waals surface area contributed by atoms with Crippen LogP contribution in [-0.4, -0.2) is 42.6 Å². The monoisotopic (exact) mass is 396 g/mol. The van der Waals surface area contributed by atoms with Crippen LogP contribution in [0.5, 0.6) is 0 Å². The van der Waals surface area contributed by atoms with Gasteiger partial charge in [-0.3, -0.25) is 4.90 Å². The molecular weight excluding hydrogens is 368 g/mol. The van der Waals surface area contributed by atoms with Crippen molar-refractivity contribution in [3.8, 4) is 0 Å². The lowest BCUT2D eigenvalue weighted by atomic mass is 10.1. The lowest BCUT2D eigenvalue weighted by molar-refractivity contribution is 0.258. The molecule has 152 valence electrons. The third-order valence-corrected chi connectivity index (χ3v) is 6.00. The summed E-state index contributed by atoms with van der Waals surface area (Å²) in [6, 6.07) is 25.5. The molecule has 0 bridgehead atoms. The SMILES string of the molecule is CCCN1CCN(c2ccc(Nc3c4ccccc4nc4ccccc34)cc2)CC1. The number of anilines is 3. The number of piperazine rings is 1. The third-order valence-electron chi connectivity index (χ3n) is 6.00. The average molecular weight is 397 g/mol. The smallest absolute Gasteiger partial charge is 0.0730 e. The predicted octanol–water partition coefficient (Wildman–Crippen LogP) is 5.66. The topological polar surface area (TPSA) is 31.4 Å². The van der Waals surface area contributed by atoms with Crippen LogP contribution in [0.3, 0.4) is 0 Å². The number of nitrogens with one attached hydrogen (secondary N) is 1. The first-order valence-corrected chi connectivity index (χ1v) is 10.9. The minimum atomic E-state index is 1.01. The van der Waals surface area contributed by atoms with Crippen molar-refractivity contribution in [2.24, 2.45) is 0 Å². The van der Waals surface area contributed by atoms with E-state index in [1.165, 1.54) is 18.7 Å². The summed E-state index contributed by atoms with van der Waals surface area (Å²) in [5.74, 6) is 0. The average Bonchev–Trinajstić information content (AvgIpc) is 2.80. The molecule has 1 saturated heterocycles. The summed E-state index contributed by atoms with van der Waals surface area (Å²) >= 11 is 0. The first-order chi connectivity index (χ1) is 14.8. The van der Waals surface area contributed by atoms with E-state index in [-0.39, 0.29) is 0 Å². The molecule has 4 nitrogen and oxygen atoms in total. The third kappa shape index (κ3) is 3.71. The quantitative estimate of drug-likeness (QED) is 0.441. The molecule has 5 rings (SSSR count). The Hall–Kier alpha value is -3.11. The number of fused-ring (bicyclic) bond motifs is 2. The molecule has 0 radical (unpaired) electrons. The molecule has 0 saturated carbocycles. The molecule has 1 aromatic heterocycles. The van der Waals surface area contributed by atoms with Gasteiger partial charge in [0.1, 0.15) is 0 Å². The van der Waals surface area contributed by atoms with E-state index in [2.05, 4.69) is 82.7 Å². The molecule has 0 amide bonds. The Labute approximate surface area is 178 Å². The van der Waals surface area contributed by atoms with Crippen molar-refractivity contribution in [3.05, 3.63) is 72.8 Å². The van der Waals surface area contributed by atoms with Crippen LogP contribution in [0.25, 0.3) is 21.8 Å². The van der Waals surface area contributed by atoms with Crippen molar-refractivity contribution >= 4 is 38.9 Å². The highest BCUT2D eigenvalue weighted by atomic mass is 15.3. The Morgan fingerprint density at radius 3 is 1.97 bits per heavy atom. The molecule has 3 aromatic carbocycles. The second-order valence-electron chi connectivity index (χ2n) is 8.02. The number of hydrogen-bond donors (Lipinski definition) is 1. The summed E-state index contributed by atoms with van der Waals surface area (Å²) in [6.45, 7) is 7.99. The van der Waals surface area contributed by atoms with Crippen molar-refractivity contribution in [2.45, 2.75) is 13.3 Å². The van der Waals surface area contributed by atoms with Crippen molar-refractivity contribution in [1.29, 1.82) is 0 Å². The first-order valence-electron chi connectivity index (χ1n) is 10.9. The van der Waals surface area contributed by atoms with Gasteiger partial charge in [-0.05, 0) is 49.4 Å². The van der Waals surface area contributed by atoms with E-state index in [1.807, 2.05) is 12.1 Å². The Bertz CT molecular complexity index is 1090. The highest BCUT2D eigenvalue weighted by Gasteiger charge is 2.16. The van der Waals surface area contributed by atoms with Gasteiger partial charge in [0.05, 0.1) is 16.7 Å². The number of pyridine rings is 1. The van der Waals surface area contributed by atoms with Gasteiger partial charge in [0.2, 0.25) is 0 Å². The maximum Gasteiger partial charge on any atom is 0.0730 e. The Kier molecular flexibility index (Phi) is 5.24. The zero-order valence-electron chi connectivity index (χ0n) is 17.5. The number of aromatic nitrogens is 1. The summed E-state index contributed by atoms with van der Waals surface area (Å²) in [5, 5.41) is 5.97. The molecule has 0 atom stereocenters. The Morgan fingerprint density at radius 1 is 0.767 bits per heavy atom. The van der Waals surface area contributed by atoms with E-state index in [0.29, 0.717) is 0 Å². The zero-order valence-corrected chi connectivity index (χ0v) is 17.5. The normalized spacial score (nSPS) is 15.0. The molecule has 1 N–H and O–H groups in total. The molecule has 4 aromatic rings. The van der Waals surface area contributed by atoms with Gasteiger partial charge in [-0.2, -0.15) is 0 Å². The highest BCUT2D eigenvalue weighted by molar-refractivity contribution is 6.08. The molecule has 0 aliphatic carbocycles. The van der Waals surface area contributed by atoms with Gasteiger partial charge in [0.15, 0.2) is 0 Å². The summed E-state index contributed by atoms with van der Waals surface area (Å²) in [5.41, 5.74) is 5.56. The van der Waals surface area contributed by atoms with Crippen molar-refractivity contribution < 1.29 is 0 Å². The number of hydrogen-bond acceptors (Lipinski definition) is 4. The molecule has 30 heavy (non-hydrogen) atoms. The van der Waals surface area contributed by atoms with Gasteiger partial charge in [-0.25, -0.2) is 4.98 Å². The summed E-state index contributed by atoms with van der Waals surface area (Å²) in [6.07, 6.45) is 1.23. The van der Waals surface area contributed by atoms with Gasteiger partial charge >= 0.3 is 0 Å². The standard InChI is InChI=1S/C26H28N4/c1-2-15-29-16-18-30(19-17-29)21-13-11-20(12-14-21)27-26-22-7-3-5-9-24(22)28-25-10-6-4-8-23(25)26/h3-14H,2,15-19H2,1H3,(H,27,28). The summed E-state index contributed by atoms with van der Waals surface area (Å²) in [4.78, 5) is 9.88. The maximum absolute atomic E-state index is 4.82. The minimum absolute atomic E-state index is 1.01. The number of rotatable bonds is 5. The van der Waals surface area contributed by atoms with Gasteiger partial charge in [-0.15, -0.1) is 0 Å². The maximum atomic E-state index is 4.82. The van der Waals surface area contributed by atoms with E-state index in [0.717, 1.165) is 59.4 Å². The Morgan fingerprint density at radius 2 is 1.37 bits per heavy atom. The van der Waals surface area contributed by atoms with E-state index in [9.17, 15) is 0 Å². The van der Waals surface area contributed by atoms with E-state index in [4.69, 9.17) is 4.98 Å². The number of para-hydroxylation sites is 2. The fourth-order valence-electron chi connectivity index (χ4n) is 4.42. The fraction of sp³-hybridized carbons (Fsp3) is 0.269. The van der Waals surface area contributed by atoms with Gasteiger partial charge in [-0.1, -0.05) is 43.3 Å². The minimum Gasteiger partial charge on any atom is -0.369 e. The highest BCUT2D eigenvalue weighted by Crippen LogP contribution is 2.33. The van der Waals surface area contributed by atoms with Crippen molar-refractivity contribution in [1.82, 2.24) is 9.88 Å². The van der Waals surface area contributed by atoms with E-state index >= 15 is 0 Å². The van der Waals surface area contributed by atoms with E-state index < -0.39 is 0 Å².